The first-order valence-corrected chi connectivity index (χ1v) is 8.53. The number of halogens is 1. The van der Waals surface area contributed by atoms with Crippen LogP contribution < -0.4 is 15.5 Å². The maximum Gasteiger partial charge on any atom is 0.319 e. The minimum atomic E-state index is -0.501. The van der Waals surface area contributed by atoms with Gasteiger partial charge in [-0.15, -0.1) is 0 Å². The fourth-order valence-electron chi connectivity index (χ4n) is 2.69. The van der Waals surface area contributed by atoms with Gasteiger partial charge in [-0.2, -0.15) is 0 Å². The molecule has 6 heteroatoms. The first-order chi connectivity index (χ1) is 11.5. The number of benzene rings is 2. The van der Waals surface area contributed by atoms with Crippen molar-refractivity contribution >= 4 is 39.2 Å². The number of carbonyl (C=O) groups excluding carboxylic acids is 2. The molecule has 5 nitrogen and oxygen atoms in total. The Morgan fingerprint density at radius 1 is 1.21 bits per heavy atom. The lowest BCUT2D eigenvalue weighted by Crippen LogP contribution is -2.43. The van der Waals surface area contributed by atoms with Crippen molar-refractivity contribution in [3.8, 4) is 0 Å². The minimum absolute atomic E-state index is 0.0803. The molecule has 0 aromatic heterocycles. The van der Waals surface area contributed by atoms with Crippen molar-refractivity contribution in [2.45, 2.75) is 19.4 Å². The van der Waals surface area contributed by atoms with E-state index in [9.17, 15) is 9.59 Å². The Morgan fingerprint density at radius 3 is 2.67 bits per heavy atom. The normalized spacial score (nSPS) is 17.0. The Labute approximate surface area is 149 Å². The zero-order valence-electron chi connectivity index (χ0n) is 13.3. The summed E-state index contributed by atoms with van der Waals surface area (Å²) in [6.45, 7) is 2.61. The number of nitrogens with one attached hydrogen (secondary N) is 2. The van der Waals surface area contributed by atoms with Crippen molar-refractivity contribution in [2.75, 3.05) is 16.8 Å². The monoisotopic (exact) mass is 387 g/mol. The summed E-state index contributed by atoms with van der Waals surface area (Å²) in [7, 11) is 0. The highest BCUT2D eigenvalue weighted by atomic mass is 79.9. The van der Waals surface area contributed by atoms with E-state index < -0.39 is 6.04 Å². The first kappa shape index (κ1) is 16.5. The van der Waals surface area contributed by atoms with Crippen LogP contribution in [0.2, 0.25) is 0 Å². The molecule has 1 atom stereocenters. The Kier molecular flexibility index (Phi) is 4.85. The number of aryl methyl sites for hydroxylation is 1. The zero-order chi connectivity index (χ0) is 17.1. The van der Waals surface area contributed by atoms with E-state index in [1.807, 2.05) is 43.3 Å². The van der Waals surface area contributed by atoms with Crippen molar-refractivity contribution in [3.63, 3.8) is 0 Å². The fourth-order valence-corrected chi connectivity index (χ4v) is 3.09. The average molecular weight is 388 g/mol. The van der Waals surface area contributed by atoms with Crippen LogP contribution in [0.5, 0.6) is 0 Å². The average Bonchev–Trinajstić information content (AvgIpc) is 2.89. The lowest BCUT2D eigenvalue weighted by atomic mass is 10.2. The van der Waals surface area contributed by atoms with Gasteiger partial charge in [-0.25, -0.2) is 4.79 Å². The third-order valence-corrected chi connectivity index (χ3v) is 4.43. The number of urea groups is 1. The van der Waals surface area contributed by atoms with Gasteiger partial charge < -0.3 is 15.5 Å². The van der Waals surface area contributed by atoms with Gasteiger partial charge in [0.25, 0.3) is 0 Å². The molecule has 124 valence electrons. The van der Waals surface area contributed by atoms with Crippen LogP contribution in [0.3, 0.4) is 0 Å². The summed E-state index contributed by atoms with van der Waals surface area (Å²) < 4.78 is 0.878. The standard InChI is InChI=1S/C18H18BrN3O2/c1-12-5-7-15(8-6-12)22-10-9-16(17(22)23)21-18(24)20-14-4-2-3-13(19)11-14/h2-8,11,16H,9-10H2,1H3,(H2,20,21,24)/t16-/m0/s1. The highest BCUT2D eigenvalue weighted by Crippen LogP contribution is 2.22. The summed E-state index contributed by atoms with van der Waals surface area (Å²) in [5.41, 5.74) is 2.68. The second-order valence-electron chi connectivity index (χ2n) is 5.78. The number of nitrogens with zero attached hydrogens (tertiary/aromatic N) is 1. The molecule has 0 spiro atoms. The molecule has 0 aliphatic carbocycles. The highest BCUT2D eigenvalue weighted by molar-refractivity contribution is 9.10. The maximum absolute atomic E-state index is 12.5. The van der Waals surface area contributed by atoms with Gasteiger partial charge in [0, 0.05) is 22.4 Å². The second-order valence-corrected chi connectivity index (χ2v) is 6.69. The van der Waals surface area contributed by atoms with Gasteiger partial charge >= 0.3 is 6.03 Å². The Hall–Kier alpha value is -2.34. The van der Waals surface area contributed by atoms with Crippen LogP contribution in [0.4, 0.5) is 16.2 Å². The molecule has 24 heavy (non-hydrogen) atoms. The Morgan fingerprint density at radius 2 is 1.96 bits per heavy atom. The summed E-state index contributed by atoms with van der Waals surface area (Å²) in [6.07, 6.45) is 0.596. The van der Waals surface area contributed by atoms with E-state index in [1.165, 1.54) is 0 Å². The van der Waals surface area contributed by atoms with Gasteiger partial charge in [-0.05, 0) is 43.7 Å². The lowest BCUT2D eigenvalue weighted by Gasteiger charge is -2.17. The molecule has 0 radical (unpaired) electrons. The quantitative estimate of drug-likeness (QED) is 0.843. The van der Waals surface area contributed by atoms with Crippen LogP contribution in [0, 0.1) is 6.92 Å². The molecule has 2 aromatic carbocycles. The largest absolute Gasteiger partial charge is 0.326 e. The SMILES string of the molecule is Cc1ccc(N2CC[C@H](NC(=O)Nc3cccc(Br)c3)C2=O)cc1. The third-order valence-electron chi connectivity index (χ3n) is 3.94. The predicted molar refractivity (Wildman–Crippen MR) is 98.2 cm³/mol. The van der Waals surface area contributed by atoms with Crippen LogP contribution in [-0.4, -0.2) is 24.5 Å². The van der Waals surface area contributed by atoms with Gasteiger partial charge in [0.2, 0.25) is 5.91 Å². The summed E-state index contributed by atoms with van der Waals surface area (Å²) >= 11 is 3.36. The molecule has 3 rings (SSSR count). The molecule has 1 heterocycles. The Balaban J connectivity index is 1.61. The number of rotatable bonds is 3. The molecule has 1 fully saturated rings. The van der Waals surface area contributed by atoms with Gasteiger partial charge in [0.15, 0.2) is 0 Å². The van der Waals surface area contributed by atoms with Crippen LogP contribution in [0.1, 0.15) is 12.0 Å². The Bertz CT molecular complexity index is 761. The van der Waals surface area contributed by atoms with Gasteiger partial charge in [-0.1, -0.05) is 39.7 Å². The molecule has 1 aliphatic heterocycles. The van der Waals surface area contributed by atoms with Crippen molar-refractivity contribution < 1.29 is 9.59 Å². The van der Waals surface area contributed by atoms with E-state index in [0.29, 0.717) is 18.7 Å². The third kappa shape index (κ3) is 3.76. The van der Waals surface area contributed by atoms with E-state index in [-0.39, 0.29) is 11.9 Å². The van der Waals surface area contributed by atoms with Crippen molar-refractivity contribution in [1.82, 2.24) is 5.32 Å². The minimum Gasteiger partial charge on any atom is -0.326 e. The van der Waals surface area contributed by atoms with Crippen LogP contribution in [0.25, 0.3) is 0 Å². The molecule has 0 saturated carbocycles. The highest BCUT2D eigenvalue weighted by Gasteiger charge is 2.33. The lowest BCUT2D eigenvalue weighted by molar-refractivity contribution is -0.118. The smallest absolute Gasteiger partial charge is 0.319 e. The van der Waals surface area contributed by atoms with E-state index in [2.05, 4.69) is 26.6 Å². The van der Waals surface area contributed by atoms with Gasteiger partial charge in [-0.3, -0.25) is 4.79 Å². The maximum atomic E-state index is 12.5. The zero-order valence-corrected chi connectivity index (χ0v) is 14.8. The van der Waals surface area contributed by atoms with Gasteiger partial charge in [0.05, 0.1) is 0 Å². The number of amides is 3. The van der Waals surface area contributed by atoms with Gasteiger partial charge in [0.1, 0.15) is 6.04 Å². The van der Waals surface area contributed by atoms with Crippen LogP contribution >= 0.6 is 15.9 Å². The molecule has 0 bridgehead atoms. The topological polar surface area (TPSA) is 61.4 Å². The van der Waals surface area contributed by atoms with Crippen LogP contribution in [-0.2, 0) is 4.79 Å². The van der Waals surface area contributed by atoms with Crippen LogP contribution in [0.15, 0.2) is 53.0 Å². The summed E-state index contributed by atoms with van der Waals surface area (Å²) in [4.78, 5) is 26.3. The van der Waals surface area contributed by atoms with Crippen molar-refractivity contribution in [2.24, 2.45) is 0 Å². The number of anilines is 2. The number of carbonyl (C=O) groups is 2. The van der Waals surface area contributed by atoms with Crippen molar-refractivity contribution in [1.29, 1.82) is 0 Å². The molecule has 1 aliphatic rings. The van der Waals surface area contributed by atoms with E-state index in [1.54, 1.807) is 17.0 Å². The molecule has 2 N–H and O–H groups in total. The fraction of sp³-hybridized carbons (Fsp3) is 0.222. The van der Waals surface area contributed by atoms with E-state index in [4.69, 9.17) is 0 Å². The van der Waals surface area contributed by atoms with Crippen molar-refractivity contribution in [3.05, 3.63) is 58.6 Å². The summed E-state index contributed by atoms with van der Waals surface area (Å²) in [5.74, 6) is -0.0803. The van der Waals surface area contributed by atoms with E-state index in [0.717, 1.165) is 15.7 Å². The number of hydrogen-bond donors (Lipinski definition) is 2. The molecule has 1 saturated heterocycles. The van der Waals surface area contributed by atoms with E-state index >= 15 is 0 Å². The molecular weight excluding hydrogens is 370 g/mol. The predicted octanol–water partition coefficient (Wildman–Crippen LogP) is 3.68. The molecule has 2 aromatic rings. The summed E-state index contributed by atoms with van der Waals surface area (Å²) in [6, 6.07) is 14.2. The number of hydrogen-bond acceptors (Lipinski definition) is 2. The summed E-state index contributed by atoms with van der Waals surface area (Å²) in [5, 5.41) is 5.49. The first-order valence-electron chi connectivity index (χ1n) is 7.74. The molecular formula is C18H18BrN3O2. The second kappa shape index (κ2) is 7.05. The molecule has 3 amide bonds. The molecule has 0 unspecified atom stereocenters.